The van der Waals surface area contributed by atoms with Gasteiger partial charge in [0.25, 0.3) is 5.91 Å². The van der Waals surface area contributed by atoms with Crippen molar-refractivity contribution in [1.82, 2.24) is 14.6 Å². The van der Waals surface area contributed by atoms with Gasteiger partial charge in [-0.3, -0.25) is 9.20 Å². The molecule has 1 amide bonds. The maximum Gasteiger partial charge on any atom is 0.321 e. The number of benzene rings is 1. The molecule has 1 aromatic carbocycles. The first-order chi connectivity index (χ1) is 10.7. The Hall–Kier alpha value is -3.09. The molecule has 0 fully saturated rings. The van der Waals surface area contributed by atoms with Crippen molar-refractivity contribution in [3.05, 3.63) is 54.2 Å². The third kappa shape index (κ3) is 3.14. The van der Waals surface area contributed by atoms with Gasteiger partial charge in [-0.05, 0) is 29.8 Å². The van der Waals surface area contributed by atoms with Gasteiger partial charge in [-0.25, -0.2) is 0 Å². The van der Waals surface area contributed by atoms with E-state index >= 15 is 0 Å². The van der Waals surface area contributed by atoms with Gasteiger partial charge in [0.2, 0.25) is 0 Å². The normalized spacial score (nSPS) is 10.5. The molecule has 0 atom stereocenters. The van der Waals surface area contributed by atoms with Gasteiger partial charge in [-0.2, -0.15) is 0 Å². The van der Waals surface area contributed by atoms with Crippen LogP contribution in [0.3, 0.4) is 0 Å². The highest BCUT2D eigenvalue weighted by atomic mass is 16.5. The second kappa shape index (κ2) is 6.13. The lowest BCUT2D eigenvalue weighted by Gasteiger charge is -2.07. The number of primary amides is 1. The molecule has 0 aliphatic heterocycles. The Labute approximate surface area is 126 Å². The molecular formula is C15H14N4O3. The van der Waals surface area contributed by atoms with Gasteiger partial charge >= 0.3 is 6.01 Å². The summed E-state index contributed by atoms with van der Waals surface area (Å²) in [5.41, 5.74) is 6.65. The van der Waals surface area contributed by atoms with Crippen LogP contribution in [-0.2, 0) is 11.4 Å². The monoisotopic (exact) mass is 298 g/mol. The largest absolute Gasteiger partial charge is 0.484 e. The summed E-state index contributed by atoms with van der Waals surface area (Å²) >= 11 is 0. The Morgan fingerprint density at radius 3 is 2.91 bits per heavy atom. The molecule has 112 valence electrons. The summed E-state index contributed by atoms with van der Waals surface area (Å²) in [7, 11) is 0. The van der Waals surface area contributed by atoms with Crippen LogP contribution in [0.2, 0.25) is 0 Å². The predicted octanol–water partition coefficient (Wildman–Crippen LogP) is 1.17. The van der Waals surface area contributed by atoms with Crippen molar-refractivity contribution in [3.8, 4) is 11.8 Å². The molecule has 2 N–H and O–H groups in total. The van der Waals surface area contributed by atoms with E-state index in [1.54, 1.807) is 16.5 Å². The molecule has 3 aromatic rings. The van der Waals surface area contributed by atoms with Crippen molar-refractivity contribution in [2.75, 3.05) is 6.61 Å². The molecule has 7 heteroatoms. The van der Waals surface area contributed by atoms with Gasteiger partial charge < -0.3 is 15.2 Å². The van der Waals surface area contributed by atoms with Gasteiger partial charge in [0.05, 0.1) is 0 Å². The lowest BCUT2D eigenvalue weighted by molar-refractivity contribution is -0.119. The summed E-state index contributed by atoms with van der Waals surface area (Å²) in [6.07, 6.45) is 1.83. The van der Waals surface area contributed by atoms with Crippen LogP contribution in [0.5, 0.6) is 11.8 Å². The molecular weight excluding hydrogens is 284 g/mol. The summed E-state index contributed by atoms with van der Waals surface area (Å²) < 4.78 is 12.7. The Morgan fingerprint density at radius 2 is 2.05 bits per heavy atom. The van der Waals surface area contributed by atoms with E-state index in [9.17, 15) is 4.79 Å². The van der Waals surface area contributed by atoms with Crippen molar-refractivity contribution in [2.45, 2.75) is 6.61 Å². The maximum atomic E-state index is 10.7. The number of hydrogen-bond acceptors (Lipinski definition) is 5. The van der Waals surface area contributed by atoms with Crippen molar-refractivity contribution < 1.29 is 14.3 Å². The molecule has 0 saturated carbocycles. The quantitative estimate of drug-likeness (QED) is 0.737. The van der Waals surface area contributed by atoms with Crippen LogP contribution in [-0.4, -0.2) is 27.1 Å². The van der Waals surface area contributed by atoms with Gasteiger partial charge in [0, 0.05) is 6.20 Å². The van der Waals surface area contributed by atoms with Crippen molar-refractivity contribution in [2.24, 2.45) is 5.73 Å². The molecule has 0 bridgehead atoms. The minimum atomic E-state index is -0.517. The number of pyridine rings is 1. The zero-order chi connectivity index (χ0) is 15.4. The molecule has 0 radical (unpaired) electrons. The smallest absolute Gasteiger partial charge is 0.321 e. The number of nitrogens with zero attached hydrogens (tertiary/aromatic N) is 3. The van der Waals surface area contributed by atoms with Crippen LogP contribution in [0.25, 0.3) is 5.65 Å². The minimum absolute atomic E-state index is 0.154. The third-order valence-corrected chi connectivity index (χ3v) is 2.93. The summed E-state index contributed by atoms with van der Waals surface area (Å²) in [5.74, 6) is 0.0441. The Bertz CT molecular complexity index is 800. The summed E-state index contributed by atoms with van der Waals surface area (Å²) in [4.78, 5) is 10.7. The van der Waals surface area contributed by atoms with Crippen LogP contribution in [0.15, 0.2) is 48.7 Å². The number of nitrogens with two attached hydrogens (primary N) is 1. The molecule has 2 heterocycles. The second-order valence-electron chi connectivity index (χ2n) is 4.60. The number of fused-ring (bicyclic) bond motifs is 1. The van der Waals surface area contributed by atoms with Crippen LogP contribution >= 0.6 is 0 Å². The molecule has 22 heavy (non-hydrogen) atoms. The van der Waals surface area contributed by atoms with Crippen LogP contribution in [0, 0.1) is 0 Å². The molecule has 0 unspecified atom stereocenters. The second-order valence-corrected chi connectivity index (χ2v) is 4.60. The first-order valence-electron chi connectivity index (χ1n) is 6.65. The van der Waals surface area contributed by atoms with E-state index in [0.717, 1.165) is 11.2 Å². The van der Waals surface area contributed by atoms with Crippen LogP contribution in [0.1, 0.15) is 5.56 Å². The first kappa shape index (κ1) is 13.9. The Kier molecular flexibility index (Phi) is 3.86. The summed E-state index contributed by atoms with van der Waals surface area (Å²) in [6.45, 7) is 0.155. The van der Waals surface area contributed by atoms with Crippen LogP contribution in [0.4, 0.5) is 0 Å². The number of carbonyl (C=O) groups is 1. The SMILES string of the molecule is NC(=O)COc1cccc(COc2nnc3ccccn23)c1. The molecule has 0 aliphatic rings. The minimum Gasteiger partial charge on any atom is -0.484 e. The zero-order valence-corrected chi connectivity index (χ0v) is 11.7. The van der Waals surface area contributed by atoms with Gasteiger partial charge in [-0.15, -0.1) is 5.10 Å². The maximum absolute atomic E-state index is 10.7. The molecule has 0 aliphatic carbocycles. The standard InChI is InChI=1S/C15H14N4O3/c16-13(20)10-21-12-5-3-4-11(8-12)9-22-15-18-17-14-6-1-2-7-19(14)15/h1-8H,9-10H2,(H2,16,20). The fraction of sp³-hybridized carbons (Fsp3) is 0.133. The Balaban J connectivity index is 1.68. The van der Waals surface area contributed by atoms with E-state index in [1.807, 2.05) is 36.5 Å². The number of carbonyl (C=O) groups excluding carboxylic acids is 1. The summed E-state index contributed by atoms with van der Waals surface area (Å²) in [5, 5.41) is 8.00. The van der Waals surface area contributed by atoms with E-state index in [2.05, 4.69) is 10.2 Å². The van der Waals surface area contributed by atoms with E-state index in [1.165, 1.54) is 0 Å². The average molecular weight is 298 g/mol. The predicted molar refractivity (Wildman–Crippen MR) is 78.5 cm³/mol. The summed E-state index contributed by atoms with van der Waals surface area (Å²) in [6, 6.07) is 13.3. The van der Waals surface area contributed by atoms with Crippen molar-refractivity contribution in [3.63, 3.8) is 0 Å². The average Bonchev–Trinajstić information content (AvgIpc) is 2.95. The number of aromatic nitrogens is 3. The lowest BCUT2D eigenvalue weighted by Crippen LogP contribution is -2.20. The van der Waals surface area contributed by atoms with Gasteiger partial charge in [-0.1, -0.05) is 23.3 Å². The fourth-order valence-electron chi connectivity index (χ4n) is 1.95. The highest BCUT2D eigenvalue weighted by Crippen LogP contribution is 2.16. The van der Waals surface area contributed by atoms with E-state index in [4.69, 9.17) is 15.2 Å². The van der Waals surface area contributed by atoms with Gasteiger partial charge in [0.15, 0.2) is 12.3 Å². The molecule has 7 nitrogen and oxygen atoms in total. The molecule has 2 aromatic heterocycles. The first-order valence-corrected chi connectivity index (χ1v) is 6.65. The van der Waals surface area contributed by atoms with E-state index in [0.29, 0.717) is 18.4 Å². The highest BCUT2D eigenvalue weighted by Gasteiger charge is 2.06. The lowest BCUT2D eigenvalue weighted by atomic mass is 10.2. The highest BCUT2D eigenvalue weighted by molar-refractivity contribution is 5.75. The number of amides is 1. The fourth-order valence-corrected chi connectivity index (χ4v) is 1.95. The number of rotatable bonds is 6. The Morgan fingerprint density at radius 1 is 1.14 bits per heavy atom. The van der Waals surface area contributed by atoms with Gasteiger partial charge in [0.1, 0.15) is 12.4 Å². The third-order valence-electron chi connectivity index (χ3n) is 2.93. The topological polar surface area (TPSA) is 91.7 Å². The van der Waals surface area contributed by atoms with E-state index in [-0.39, 0.29) is 6.61 Å². The van der Waals surface area contributed by atoms with Crippen molar-refractivity contribution in [1.29, 1.82) is 0 Å². The van der Waals surface area contributed by atoms with Crippen molar-refractivity contribution >= 4 is 11.6 Å². The number of ether oxygens (including phenoxy) is 2. The molecule has 3 rings (SSSR count). The number of hydrogen-bond donors (Lipinski definition) is 1. The van der Waals surface area contributed by atoms with Crippen LogP contribution < -0.4 is 15.2 Å². The van der Waals surface area contributed by atoms with E-state index < -0.39 is 5.91 Å². The zero-order valence-electron chi connectivity index (χ0n) is 11.7. The molecule has 0 saturated heterocycles. The molecule has 0 spiro atoms.